The average Bonchev–Trinajstić information content (AvgIpc) is 2.47. The molecule has 0 aromatic heterocycles. The number of rotatable bonds is 6. The summed E-state index contributed by atoms with van der Waals surface area (Å²) in [5, 5.41) is 0. The molecule has 2 rings (SSSR count). The molecule has 0 spiro atoms. The molecule has 0 unspecified atom stereocenters. The number of carbonyl (C=O) groups is 1. The molecule has 0 aliphatic carbocycles. The van der Waals surface area contributed by atoms with Crippen molar-refractivity contribution < 1.29 is 4.79 Å². The van der Waals surface area contributed by atoms with Gasteiger partial charge in [-0.15, -0.1) is 11.8 Å². The SMILES string of the molecule is CCSc1ccc(C(=O)CCc2ccccc2)cc1. The van der Waals surface area contributed by atoms with Crippen LogP contribution in [0.25, 0.3) is 0 Å². The lowest BCUT2D eigenvalue weighted by molar-refractivity contribution is 0.0983. The predicted octanol–water partition coefficient (Wildman–Crippen LogP) is 4.61. The van der Waals surface area contributed by atoms with Crippen LogP contribution < -0.4 is 0 Å². The molecule has 0 aliphatic rings. The molecule has 19 heavy (non-hydrogen) atoms. The van der Waals surface area contributed by atoms with Crippen LogP contribution in [0.15, 0.2) is 59.5 Å². The van der Waals surface area contributed by atoms with Crippen molar-refractivity contribution in [3.63, 3.8) is 0 Å². The Morgan fingerprint density at radius 1 is 1.00 bits per heavy atom. The summed E-state index contributed by atoms with van der Waals surface area (Å²) < 4.78 is 0. The highest BCUT2D eigenvalue weighted by atomic mass is 32.2. The van der Waals surface area contributed by atoms with Crippen molar-refractivity contribution in [3.8, 4) is 0 Å². The quantitative estimate of drug-likeness (QED) is 0.563. The van der Waals surface area contributed by atoms with Gasteiger partial charge in [-0.2, -0.15) is 0 Å². The first kappa shape index (κ1) is 13.9. The van der Waals surface area contributed by atoms with Crippen molar-refractivity contribution in [2.45, 2.75) is 24.7 Å². The highest BCUT2D eigenvalue weighted by Gasteiger charge is 2.06. The zero-order chi connectivity index (χ0) is 13.5. The van der Waals surface area contributed by atoms with E-state index in [0.717, 1.165) is 17.7 Å². The van der Waals surface area contributed by atoms with E-state index < -0.39 is 0 Å². The Hall–Kier alpha value is -1.54. The van der Waals surface area contributed by atoms with Gasteiger partial charge in [-0.3, -0.25) is 4.79 Å². The average molecular weight is 270 g/mol. The van der Waals surface area contributed by atoms with Gasteiger partial charge in [0.05, 0.1) is 0 Å². The number of ketones is 1. The minimum atomic E-state index is 0.219. The Labute approximate surface area is 119 Å². The van der Waals surface area contributed by atoms with Gasteiger partial charge in [0, 0.05) is 16.9 Å². The van der Waals surface area contributed by atoms with E-state index in [1.807, 2.05) is 42.5 Å². The number of carbonyl (C=O) groups excluding carboxylic acids is 1. The minimum absolute atomic E-state index is 0.219. The summed E-state index contributed by atoms with van der Waals surface area (Å²) in [4.78, 5) is 13.3. The van der Waals surface area contributed by atoms with E-state index in [4.69, 9.17) is 0 Å². The highest BCUT2D eigenvalue weighted by molar-refractivity contribution is 7.99. The van der Waals surface area contributed by atoms with Crippen LogP contribution in [0.5, 0.6) is 0 Å². The molecule has 0 atom stereocenters. The van der Waals surface area contributed by atoms with E-state index in [9.17, 15) is 4.79 Å². The maximum atomic E-state index is 12.1. The van der Waals surface area contributed by atoms with Crippen LogP contribution in [0.3, 0.4) is 0 Å². The van der Waals surface area contributed by atoms with Gasteiger partial charge in [-0.1, -0.05) is 49.4 Å². The second-order valence-electron chi connectivity index (χ2n) is 4.37. The van der Waals surface area contributed by atoms with Crippen LogP contribution in [0.4, 0.5) is 0 Å². The first-order valence-electron chi connectivity index (χ1n) is 6.59. The Morgan fingerprint density at radius 3 is 2.32 bits per heavy atom. The largest absolute Gasteiger partial charge is 0.294 e. The second-order valence-corrected chi connectivity index (χ2v) is 5.70. The highest BCUT2D eigenvalue weighted by Crippen LogP contribution is 2.18. The fraction of sp³-hybridized carbons (Fsp3) is 0.235. The Balaban J connectivity index is 1.92. The van der Waals surface area contributed by atoms with Gasteiger partial charge < -0.3 is 0 Å². The van der Waals surface area contributed by atoms with Crippen LogP contribution >= 0.6 is 11.8 Å². The van der Waals surface area contributed by atoms with Crippen LogP contribution in [-0.4, -0.2) is 11.5 Å². The Bertz CT molecular complexity index is 517. The maximum absolute atomic E-state index is 12.1. The van der Waals surface area contributed by atoms with E-state index in [2.05, 4.69) is 19.1 Å². The third-order valence-corrected chi connectivity index (χ3v) is 3.87. The van der Waals surface area contributed by atoms with Gasteiger partial charge in [0.15, 0.2) is 5.78 Å². The minimum Gasteiger partial charge on any atom is -0.294 e. The van der Waals surface area contributed by atoms with Crippen LogP contribution in [0, 0.1) is 0 Å². The van der Waals surface area contributed by atoms with Crippen LogP contribution in [0.1, 0.15) is 29.3 Å². The fourth-order valence-electron chi connectivity index (χ4n) is 1.95. The summed E-state index contributed by atoms with van der Waals surface area (Å²) in [5.74, 6) is 1.28. The molecule has 98 valence electrons. The summed E-state index contributed by atoms with van der Waals surface area (Å²) in [6.07, 6.45) is 1.38. The molecular weight excluding hydrogens is 252 g/mol. The zero-order valence-corrected chi connectivity index (χ0v) is 12.0. The van der Waals surface area contributed by atoms with Crippen molar-refractivity contribution in [3.05, 3.63) is 65.7 Å². The standard InChI is InChI=1S/C17H18OS/c1-2-19-16-11-9-15(10-12-16)17(18)13-8-14-6-4-3-5-7-14/h3-7,9-12H,2,8,13H2,1H3. The van der Waals surface area contributed by atoms with Crippen LogP contribution in [0.2, 0.25) is 0 Å². The number of Topliss-reactive ketones (excluding diaryl/α,β-unsaturated/α-hetero) is 1. The first-order valence-corrected chi connectivity index (χ1v) is 7.58. The molecule has 1 nitrogen and oxygen atoms in total. The third kappa shape index (κ3) is 4.25. The number of hydrogen-bond acceptors (Lipinski definition) is 2. The molecule has 2 aromatic rings. The molecule has 0 aliphatic heterocycles. The third-order valence-electron chi connectivity index (χ3n) is 2.97. The molecule has 0 fully saturated rings. The number of benzene rings is 2. The van der Waals surface area contributed by atoms with Gasteiger partial charge in [-0.25, -0.2) is 0 Å². The summed E-state index contributed by atoms with van der Waals surface area (Å²) in [6, 6.07) is 18.1. The van der Waals surface area contributed by atoms with Crippen molar-refractivity contribution >= 4 is 17.5 Å². The lowest BCUT2D eigenvalue weighted by Gasteiger charge is -2.03. The van der Waals surface area contributed by atoms with Crippen molar-refractivity contribution in [1.82, 2.24) is 0 Å². The van der Waals surface area contributed by atoms with Gasteiger partial charge in [0.1, 0.15) is 0 Å². The topological polar surface area (TPSA) is 17.1 Å². The van der Waals surface area contributed by atoms with Gasteiger partial charge >= 0.3 is 0 Å². The summed E-state index contributed by atoms with van der Waals surface area (Å²) in [5.41, 5.74) is 2.03. The monoisotopic (exact) mass is 270 g/mol. The van der Waals surface area contributed by atoms with Crippen LogP contribution in [-0.2, 0) is 6.42 Å². The van der Waals surface area contributed by atoms with E-state index in [0.29, 0.717) is 6.42 Å². The molecule has 0 saturated carbocycles. The van der Waals surface area contributed by atoms with E-state index in [1.54, 1.807) is 11.8 Å². The first-order chi connectivity index (χ1) is 9.29. The van der Waals surface area contributed by atoms with Gasteiger partial charge in [0.2, 0.25) is 0 Å². The maximum Gasteiger partial charge on any atom is 0.163 e. The lowest BCUT2D eigenvalue weighted by atomic mass is 10.0. The molecule has 0 amide bonds. The zero-order valence-electron chi connectivity index (χ0n) is 11.1. The van der Waals surface area contributed by atoms with E-state index in [-0.39, 0.29) is 5.78 Å². The van der Waals surface area contributed by atoms with Gasteiger partial charge in [0.25, 0.3) is 0 Å². The fourth-order valence-corrected chi connectivity index (χ4v) is 2.61. The van der Waals surface area contributed by atoms with E-state index in [1.165, 1.54) is 10.5 Å². The van der Waals surface area contributed by atoms with Crippen molar-refractivity contribution in [2.24, 2.45) is 0 Å². The number of hydrogen-bond donors (Lipinski definition) is 0. The summed E-state index contributed by atoms with van der Waals surface area (Å²) >= 11 is 1.79. The van der Waals surface area contributed by atoms with Crippen molar-refractivity contribution in [2.75, 3.05) is 5.75 Å². The number of thioether (sulfide) groups is 1. The summed E-state index contributed by atoms with van der Waals surface area (Å²) in [6.45, 7) is 2.13. The normalized spacial score (nSPS) is 10.4. The molecule has 2 aromatic carbocycles. The molecule has 0 bridgehead atoms. The summed E-state index contributed by atoms with van der Waals surface area (Å²) in [7, 11) is 0. The van der Waals surface area contributed by atoms with E-state index >= 15 is 0 Å². The lowest BCUT2D eigenvalue weighted by Crippen LogP contribution is -2.00. The van der Waals surface area contributed by atoms with Crippen molar-refractivity contribution in [1.29, 1.82) is 0 Å². The Morgan fingerprint density at radius 2 is 1.68 bits per heavy atom. The molecular formula is C17H18OS. The molecule has 2 heteroatoms. The molecule has 0 radical (unpaired) electrons. The Kier molecular flexibility index (Phi) is 5.22. The smallest absolute Gasteiger partial charge is 0.163 e. The van der Waals surface area contributed by atoms with Gasteiger partial charge in [-0.05, 0) is 29.9 Å². The second kappa shape index (κ2) is 7.15. The predicted molar refractivity (Wildman–Crippen MR) is 81.9 cm³/mol. The molecule has 0 N–H and O–H groups in total. The number of aryl methyl sites for hydroxylation is 1. The molecule has 0 saturated heterocycles. The molecule has 0 heterocycles.